The zero-order chi connectivity index (χ0) is 14.7. The predicted octanol–water partition coefficient (Wildman–Crippen LogP) is 1.98. The molecule has 1 aliphatic heterocycles. The van der Waals surface area contributed by atoms with Gasteiger partial charge in [0.25, 0.3) is 11.6 Å². The van der Waals surface area contributed by atoms with E-state index in [-0.39, 0.29) is 17.4 Å². The van der Waals surface area contributed by atoms with Crippen molar-refractivity contribution in [3.63, 3.8) is 0 Å². The first kappa shape index (κ1) is 14.4. The van der Waals surface area contributed by atoms with E-state index in [1.54, 1.807) is 0 Å². The maximum absolute atomic E-state index is 13.7. The molecule has 0 spiro atoms. The highest BCUT2D eigenvalue weighted by molar-refractivity contribution is 5.95. The Morgan fingerprint density at radius 2 is 2.35 bits per heavy atom. The molecule has 0 aromatic heterocycles. The Morgan fingerprint density at radius 3 is 2.95 bits per heavy atom. The van der Waals surface area contributed by atoms with Crippen molar-refractivity contribution in [3.05, 3.63) is 39.7 Å². The van der Waals surface area contributed by atoms with Crippen LogP contribution in [0, 0.1) is 15.9 Å². The Balaban J connectivity index is 2.14. The molecule has 1 aromatic carbocycles. The van der Waals surface area contributed by atoms with E-state index < -0.39 is 16.6 Å². The van der Waals surface area contributed by atoms with Crippen LogP contribution < -0.4 is 0 Å². The summed E-state index contributed by atoms with van der Waals surface area (Å²) in [6.45, 7) is 1.01. The number of ether oxygens (including phenoxy) is 1. The van der Waals surface area contributed by atoms with E-state index in [1.165, 1.54) is 11.9 Å². The van der Waals surface area contributed by atoms with E-state index in [4.69, 9.17) is 4.74 Å². The van der Waals surface area contributed by atoms with Crippen LogP contribution in [0.25, 0.3) is 0 Å². The van der Waals surface area contributed by atoms with Crippen LogP contribution in [0.3, 0.4) is 0 Å². The van der Waals surface area contributed by atoms with Crippen molar-refractivity contribution in [3.8, 4) is 0 Å². The highest BCUT2D eigenvalue weighted by atomic mass is 19.1. The van der Waals surface area contributed by atoms with Crippen molar-refractivity contribution >= 4 is 11.6 Å². The minimum absolute atomic E-state index is 0.0503. The van der Waals surface area contributed by atoms with Crippen LogP contribution in [0.4, 0.5) is 10.1 Å². The lowest BCUT2D eigenvalue weighted by molar-refractivity contribution is -0.384. The van der Waals surface area contributed by atoms with E-state index in [9.17, 15) is 19.3 Å². The van der Waals surface area contributed by atoms with Crippen LogP contribution in [-0.4, -0.2) is 42.0 Å². The van der Waals surface area contributed by atoms with Crippen molar-refractivity contribution in [2.24, 2.45) is 0 Å². The van der Waals surface area contributed by atoms with Crippen LogP contribution in [0.2, 0.25) is 0 Å². The fourth-order valence-electron chi connectivity index (χ4n) is 2.17. The number of nitrogens with zero attached hydrogens (tertiary/aromatic N) is 2. The molecule has 1 aliphatic rings. The van der Waals surface area contributed by atoms with Gasteiger partial charge in [-0.05, 0) is 18.9 Å². The number of benzene rings is 1. The molecule has 108 valence electrons. The smallest absolute Gasteiger partial charge is 0.270 e. The summed E-state index contributed by atoms with van der Waals surface area (Å²) in [5.74, 6) is -1.35. The second-order valence-electron chi connectivity index (χ2n) is 4.74. The number of likely N-dealkylation sites (N-methyl/N-ethyl adjacent to an activating group) is 1. The number of nitro benzene ring substituents is 1. The monoisotopic (exact) mass is 282 g/mol. The number of rotatable bonds is 4. The van der Waals surface area contributed by atoms with E-state index in [2.05, 4.69) is 0 Å². The zero-order valence-electron chi connectivity index (χ0n) is 11.0. The number of carbonyl (C=O) groups excluding carboxylic acids is 1. The van der Waals surface area contributed by atoms with Crippen molar-refractivity contribution in [1.82, 2.24) is 4.90 Å². The number of amides is 1. The van der Waals surface area contributed by atoms with Gasteiger partial charge in [0, 0.05) is 32.3 Å². The Kier molecular flexibility index (Phi) is 4.29. The van der Waals surface area contributed by atoms with E-state index in [1.807, 2.05) is 0 Å². The second kappa shape index (κ2) is 5.96. The van der Waals surface area contributed by atoms with E-state index in [0.29, 0.717) is 13.2 Å². The summed E-state index contributed by atoms with van der Waals surface area (Å²) < 4.78 is 19.1. The fourth-order valence-corrected chi connectivity index (χ4v) is 2.17. The van der Waals surface area contributed by atoms with Crippen LogP contribution in [0.1, 0.15) is 23.2 Å². The lowest BCUT2D eigenvalue weighted by Gasteiger charge is -2.21. The third kappa shape index (κ3) is 3.11. The molecule has 20 heavy (non-hydrogen) atoms. The highest BCUT2D eigenvalue weighted by Crippen LogP contribution is 2.19. The minimum atomic E-state index is -0.764. The standard InChI is InChI=1S/C13H15FN2O4/c1-15(8-10-3-2-6-20-10)13(17)11-7-9(16(18)19)4-5-12(11)14/h4-5,7,10H,2-3,6,8H2,1H3. The summed E-state index contributed by atoms with van der Waals surface area (Å²) in [4.78, 5) is 23.5. The molecule has 6 nitrogen and oxygen atoms in total. The number of halogens is 1. The van der Waals surface area contributed by atoms with Gasteiger partial charge in [-0.25, -0.2) is 4.39 Å². The summed E-state index contributed by atoms with van der Waals surface area (Å²) in [5.41, 5.74) is -0.597. The lowest BCUT2D eigenvalue weighted by Crippen LogP contribution is -2.34. The summed E-state index contributed by atoms with van der Waals surface area (Å²) in [7, 11) is 1.53. The van der Waals surface area contributed by atoms with Gasteiger partial charge in [0.05, 0.1) is 16.6 Å². The maximum Gasteiger partial charge on any atom is 0.270 e. The molecular weight excluding hydrogens is 267 g/mol. The average Bonchev–Trinajstić information content (AvgIpc) is 2.91. The molecule has 1 fully saturated rings. The summed E-state index contributed by atoms with van der Waals surface area (Å²) in [5, 5.41) is 10.7. The maximum atomic E-state index is 13.7. The topological polar surface area (TPSA) is 72.7 Å². The molecule has 0 radical (unpaired) electrons. The second-order valence-corrected chi connectivity index (χ2v) is 4.74. The van der Waals surface area contributed by atoms with Gasteiger partial charge in [-0.1, -0.05) is 0 Å². The fraction of sp³-hybridized carbons (Fsp3) is 0.462. The molecule has 1 aromatic rings. The molecule has 0 bridgehead atoms. The van der Waals surface area contributed by atoms with Gasteiger partial charge in [-0.2, -0.15) is 0 Å². The van der Waals surface area contributed by atoms with Crippen LogP contribution in [0.5, 0.6) is 0 Å². The van der Waals surface area contributed by atoms with Crippen molar-refractivity contribution in [2.75, 3.05) is 20.2 Å². The Bertz CT molecular complexity index is 529. The molecule has 1 atom stereocenters. The predicted molar refractivity (Wildman–Crippen MR) is 69.0 cm³/mol. The Morgan fingerprint density at radius 1 is 1.60 bits per heavy atom. The van der Waals surface area contributed by atoms with E-state index >= 15 is 0 Å². The van der Waals surface area contributed by atoms with Crippen molar-refractivity contribution in [2.45, 2.75) is 18.9 Å². The SMILES string of the molecule is CN(CC1CCCO1)C(=O)c1cc([N+](=O)[O-])ccc1F. The molecule has 2 rings (SSSR count). The van der Waals surface area contributed by atoms with Gasteiger partial charge in [-0.15, -0.1) is 0 Å². The first-order valence-electron chi connectivity index (χ1n) is 6.30. The Labute approximate surface area is 115 Å². The number of nitro groups is 1. The lowest BCUT2D eigenvalue weighted by atomic mass is 10.1. The Hall–Kier alpha value is -2.02. The molecule has 0 aliphatic carbocycles. The molecule has 0 saturated carbocycles. The van der Waals surface area contributed by atoms with Gasteiger partial charge >= 0.3 is 0 Å². The summed E-state index contributed by atoms with van der Waals surface area (Å²) in [6, 6.07) is 2.93. The molecule has 7 heteroatoms. The number of non-ortho nitro benzene ring substituents is 1. The van der Waals surface area contributed by atoms with Crippen LogP contribution >= 0.6 is 0 Å². The third-order valence-corrected chi connectivity index (χ3v) is 3.24. The summed E-state index contributed by atoms with van der Waals surface area (Å²) in [6.07, 6.45) is 1.75. The van der Waals surface area contributed by atoms with Gasteiger partial charge in [-0.3, -0.25) is 14.9 Å². The normalized spacial score (nSPS) is 18.0. The number of hydrogen-bond donors (Lipinski definition) is 0. The van der Waals surface area contributed by atoms with Crippen LogP contribution in [0.15, 0.2) is 18.2 Å². The molecular formula is C13H15FN2O4. The van der Waals surface area contributed by atoms with E-state index in [0.717, 1.165) is 31.0 Å². The van der Waals surface area contributed by atoms with Gasteiger partial charge < -0.3 is 9.64 Å². The summed E-state index contributed by atoms with van der Waals surface area (Å²) >= 11 is 0. The van der Waals surface area contributed by atoms with Crippen LogP contribution in [-0.2, 0) is 4.74 Å². The molecule has 1 saturated heterocycles. The quantitative estimate of drug-likeness (QED) is 0.625. The number of hydrogen-bond acceptors (Lipinski definition) is 4. The highest BCUT2D eigenvalue weighted by Gasteiger charge is 2.24. The van der Waals surface area contributed by atoms with Gasteiger partial charge in [0.15, 0.2) is 0 Å². The zero-order valence-corrected chi connectivity index (χ0v) is 11.0. The van der Waals surface area contributed by atoms with Gasteiger partial charge in [0.2, 0.25) is 0 Å². The van der Waals surface area contributed by atoms with Gasteiger partial charge in [0.1, 0.15) is 5.82 Å². The first-order chi connectivity index (χ1) is 9.49. The number of carbonyl (C=O) groups is 1. The molecule has 1 heterocycles. The first-order valence-corrected chi connectivity index (χ1v) is 6.30. The minimum Gasteiger partial charge on any atom is -0.376 e. The molecule has 0 N–H and O–H groups in total. The molecule has 1 amide bonds. The third-order valence-electron chi connectivity index (χ3n) is 3.24. The van der Waals surface area contributed by atoms with Crippen molar-refractivity contribution in [1.29, 1.82) is 0 Å². The average molecular weight is 282 g/mol. The molecule has 1 unspecified atom stereocenters. The largest absolute Gasteiger partial charge is 0.376 e. The van der Waals surface area contributed by atoms with Crippen molar-refractivity contribution < 1.29 is 18.8 Å².